The van der Waals surface area contributed by atoms with Gasteiger partial charge in [-0.3, -0.25) is 10.5 Å². The number of rotatable bonds is 9. The highest BCUT2D eigenvalue weighted by molar-refractivity contribution is 5.68. The van der Waals surface area contributed by atoms with Crippen molar-refractivity contribution < 1.29 is 32.1 Å². The molecule has 35 heavy (non-hydrogen) atoms. The van der Waals surface area contributed by atoms with Crippen molar-refractivity contribution in [2.75, 3.05) is 12.8 Å². The molecule has 3 aromatic rings. The van der Waals surface area contributed by atoms with Gasteiger partial charge in [-0.1, -0.05) is 29.4 Å². The minimum atomic E-state index is -4.55. The first-order valence-electron chi connectivity index (χ1n) is 10.8. The zero-order valence-electron chi connectivity index (χ0n) is 18.8. The maximum absolute atomic E-state index is 13.1. The van der Waals surface area contributed by atoms with E-state index >= 15 is 0 Å². The molecular weight excluding hydrogens is 463 g/mol. The molecule has 0 fully saturated rings. The SMILES string of the molecule is COC(=O)CCC[n+]1nc(-c2ccc(OCc3ccc(C4(C(F)(F)F)N=N4)cc3)cc2)ccc1N. The molecule has 0 unspecified atom stereocenters. The summed E-state index contributed by atoms with van der Waals surface area (Å²) in [6.07, 6.45) is -3.72. The summed E-state index contributed by atoms with van der Waals surface area (Å²) in [5, 5.41) is 10.9. The molecule has 0 spiro atoms. The Labute approximate surface area is 199 Å². The van der Waals surface area contributed by atoms with Gasteiger partial charge in [0, 0.05) is 23.6 Å². The van der Waals surface area contributed by atoms with E-state index in [-0.39, 0.29) is 24.6 Å². The molecule has 4 rings (SSSR count). The quantitative estimate of drug-likeness (QED) is 0.358. The standard InChI is InChI=1S/C24H22F3N5O3/c1-34-22(33)3-2-14-32-21(28)13-12-20(29-32)17-6-10-19(11-7-17)35-15-16-4-8-18(9-5-16)23(30-31-23)24(25,26)27/h4-13,28H,2-3,14-15H2,1H3/p+1. The van der Waals surface area contributed by atoms with Gasteiger partial charge in [0.1, 0.15) is 24.6 Å². The number of esters is 1. The van der Waals surface area contributed by atoms with Crippen LogP contribution in [0.3, 0.4) is 0 Å². The van der Waals surface area contributed by atoms with E-state index in [4.69, 9.17) is 10.5 Å². The number of nitrogens with zero attached hydrogens (tertiary/aromatic N) is 4. The molecule has 2 heterocycles. The third-order valence-electron chi connectivity index (χ3n) is 5.52. The van der Waals surface area contributed by atoms with Gasteiger partial charge >= 0.3 is 17.8 Å². The molecule has 0 atom stereocenters. The number of methoxy groups -OCH3 is 1. The van der Waals surface area contributed by atoms with Gasteiger partial charge in [0.15, 0.2) is 0 Å². The van der Waals surface area contributed by atoms with Crippen LogP contribution in [0.1, 0.15) is 24.0 Å². The average molecular weight is 486 g/mol. The van der Waals surface area contributed by atoms with Gasteiger partial charge in [0.25, 0.3) is 5.82 Å². The molecule has 0 amide bonds. The first-order chi connectivity index (χ1) is 16.7. The summed E-state index contributed by atoms with van der Waals surface area (Å²) in [6.45, 7) is 0.661. The number of alkyl halides is 3. The average Bonchev–Trinajstić information content (AvgIpc) is 3.67. The Hall–Kier alpha value is -4.02. The van der Waals surface area contributed by atoms with Crippen LogP contribution in [0.15, 0.2) is 70.9 Å². The van der Waals surface area contributed by atoms with Crippen molar-refractivity contribution in [3.8, 4) is 17.0 Å². The number of halogens is 3. The Balaban J connectivity index is 1.36. The number of nitrogens with two attached hydrogens (primary N) is 1. The van der Waals surface area contributed by atoms with E-state index in [1.165, 1.54) is 19.2 Å². The van der Waals surface area contributed by atoms with Gasteiger partial charge in [0.05, 0.1) is 7.11 Å². The third-order valence-corrected chi connectivity index (χ3v) is 5.52. The first-order valence-corrected chi connectivity index (χ1v) is 10.8. The summed E-state index contributed by atoms with van der Waals surface area (Å²) in [4.78, 5) is 11.3. The smallest absolute Gasteiger partial charge is 0.442 e. The molecule has 8 nitrogen and oxygen atoms in total. The Bertz CT molecular complexity index is 1220. The van der Waals surface area contributed by atoms with Gasteiger partial charge in [-0.2, -0.15) is 13.2 Å². The van der Waals surface area contributed by atoms with E-state index in [0.717, 1.165) is 5.56 Å². The molecule has 1 aromatic heterocycles. The summed E-state index contributed by atoms with van der Waals surface area (Å²) in [6, 6.07) is 16.7. The lowest BCUT2D eigenvalue weighted by molar-refractivity contribution is -0.739. The molecule has 0 radical (unpaired) electrons. The van der Waals surface area contributed by atoms with E-state index in [1.54, 1.807) is 41.1 Å². The molecule has 182 valence electrons. The Morgan fingerprint density at radius 1 is 1.03 bits per heavy atom. The molecular formula is C24H23F3N5O3+. The van der Waals surface area contributed by atoms with Crippen LogP contribution in [0, 0.1) is 0 Å². The number of nitrogen functional groups attached to an aromatic ring is 1. The molecule has 11 heteroatoms. The molecule has 2 N–H and O–H groups in total. The van der Waals surface area contributed by atoms with E-state index < -0.39 is 11.8 Å². The molecule has 0 bridgehead atoms. The van der Waals surface area contributed by atoms with Gasteiger partial charge in [-0.15, -0.1) is 14.9 Å². The van der Waals surface area contributed by atoms with Crippen LogP contribution in [-0.4, -0.2) is 24.4 Å². The zero-order chi connectivity index (χ0) is 25.1. The van der Waals surface area contributed by atoms with E-state index in [2.05, 4.69) is 20.1 Å². The predicted octanol–water partition coefficient (Wildman–Crippen LogP) is 4.33. The second kappa shape index (κ2) is 9.69. The highest BCUT2D eigenvalue weighted by Gasteiger charge is 2.65. The van der Waals surface area contributed by atoms with Gasteiger partial charge in [-0.25, -0.2) is 0 Å². The lowest BCUT2D eigenvalue weighted by Crippen LogP contribution is -2.41. The number of hydrogen-bond donors (Lipinski definition) is 1. The fourth-order valence-electron chi connectivity index (χ4n) is 3.44. The molecule has 1 aliphatic heterocycles. The molecule has 0 saturated heterocycles. The number of benzene rings is 2. The summed E-state index contributed by atoms with van der Waals surface area (Å²) < 4.78 is 51.4. The van der Waals surface area contributed by atoms with Crippen molar-refractivity contribution in [1.82, 2.24) is 5.10 Å². The highest BCUT2D eigenvalue weighted by Crippen LogP contribution is 2.52. The van der Waals surface area contributed by atoms with Crippen LogP contribution in [0.25, 0.3) is 11.3 Å². The third kappa shape index (κ3) is 5.39. The monoisotopic (exact) mass is 486 g/mol. The van der Waals surface area contributed by atoms with Crippen LogP contribution in [-0.2, 0) is 28.3 Å². The number of hydrogen-bond acceptors (Lipinski definition) is 7. The second-order valence-electron chi connectivity index (χ2n) is 7.93. The lowest BCUT2D eigenvalue weighted by atomic mass is 10.0. The second-order valence-corrected chi connectivity index (χ2v) is 7.93. The van der Waals surface area contributed by atoms with Crippen LogP contribution >= 0.6 is 0 Å². The van der Waals surface area contributed by atoms with Crippen molar-refractivity contribution in [2.24, 2.45) is 10.2 Å². The Morgan fingerprint density at radius 3 is 2.31 bits per heavy atom. The minimum Gasteiger partial charge on any atom is -0.489 e. The highest BCUT2D eigenvalue weighted by atomic mass is 19.4. The normalized spacial score (nSPS) is 13.9. The zero-order valence-corrected chi connectivity index (χ0v) is 18.8. The van der Waals surface area contributed by atoms with Crippen molar-refractivity contribution in [3.63, 3.8) is 0 Å². The van der Waals surface area contributed by atoms with Gasteiger partial charge < -0.3 is 9.47 Å². The number of aromatic nitrogens is 2. The first kappa shape index (κ1) is 24.1. The fourth-order valence-corrected chi connectivity index (χ4v) is 3.44. The predicted molar refractivity (Wildman–Crippen MR) is 119 cm³/mol. The number of ether oxygens (including phenoxy) is 2. The van der Waals surface area contributed by atoms with Crippen LogP contribution < -0.4 is 15.2 Å². The molecule has 1 aliphatic rings. The van der Waals surface area contributed by atoms with E-state index in [0.29, 0.717) is 35.8 Å². The molecule has 0 saturated carbocycles. The van der Waals surface area contributed by atoms with Crippen molar-refractivity contribution in [1.29, 1.82) is 0 Å². The van der Waals surface area contributed by atoms with E-state index in [1.807, 2.05) is 12.1 Å². The van der Waals surface area contributed by atoms with E-state index in [9.17, 15) is 18.0 Å². The van der Waals surface area contributed by atoms with Crippen molar-refractivity contribution in [2.45, 2.75) is 37.8 Å². The van der Waals surface area contributed by atoms with Gasteiger partial charge in [0.2, 0.25) is 0 Å². The molecule has 0 aliphatic carbocycles. The van der Waals surface area contributed by atoms with Crippen LogP contribution in [0.5, 0.6) is 5.75 Å². The summed E-state index contributed by atoms with van der Waals surface area (Å²) in [5.41, 5.74) is 5.82. The minimum absolute atomic E-state index is 0.0170. The van der Waals surface area contributed by atoms with Gasteiger partial charge in [-0.05, 0) is 42.3 Å². The number of carbonyl (C=O) groups excluding carboxylic acids is 1. The summed E-state index contributed by atoms with van der Waals surface area (Å²) >= 11 is 0. The topological polar surface area (TPSA) is 103 Å². The Kier molecular flexibility index (Phi) is 6.68. The number of carbonyl (C=O) groups is 1. The fraction of sp³-hybridized carbons (Fsp3) is 0.292. The van der Waals surface area contributed by atoms with Crippen LogP contribution in [0.2, 0.25) is 0 Å². The Morgan fingerprint density at radius 2 is 1.71 bits per heavy atom. The van der Waals surface area contributed by atoms with Crippen LogP contribution in [0.4, 0.5) is 19.0 Å². The van der Waals surface area contributed by atoms with Crippen molar-refractivity contribution in [3.05, 3.63) is 71.8 Å². The van der Waals surface area contributed by atoms with Crippen molar-refractivity contribution >= 4 is 11.8 Å². The largest absolute Gasteiger partial charge is 0.489 e. The summed E-state index contributed by atoms with van der Waals surface area (Å²) in [7, 11) is 1.35. The number of aryl methyl sites for hydroxylation is 1. The number of anilines is 1. The molecule has 2 aromatic carbocycles. The lowest BCUT2D eigenvalue weighted by Gasteiger charge is -2.15. The maximum Gasteiger partial charge on any atom is 0.442 e. The summed E-state index contributed by atoms with van der Waals surface area (Å²) in [5.74, 6) is 0.791. The maximum atomic E-state index is 13.1.